The molecule has 2 heteroatoms. The number of nitrogens with one attached hydrogen (secondary N) is 1. The van der Waals surface area contributed by atoms with Crippen LogP contribution in [0.4, 0.5) is 0 Å². The van der Waals surface area contributed by atoms with Crippen molar-refractivity contribution in [2.24, 2.45) is 5.92 Å². The van der Waals surface area contributed by atoms with Crippen LogP contribution in [0.15, 0.2) is 42.5 Å². The number of aliphatic hydroxyl groups is 1. The van der Waals surface area contributed by atoms with E-state index in [0.717, 1.165) is 25.9 Å². The summed E-state index contributed by atoms with van der Waals surface area (Å²) >= 11 is 0. The molecular weight excluding hydrogens is 234 g/mol. The first-order valence-electron chi connectivity index (χ1n) is 7.20. The van der Waals surface area contributed by atoms with E-state index in [-0.39, 0.29) is 6.10 Å². The van der Waals surface area contributed by atoms with Crippen molar-refractivity contribution in [3.05, 3.63) is 48.0 Å². The van der Waals surface area contributed by atoms with E-state index in [9.17, 15) is 5.11 Å². The Balaban J connectivity index is 1.80. The molecule has 0 saturated carbocycles. The molecule has 2 aromatic rings. The molecule has 2 atom stereocenters. The second-order valence-electron chi connectivity index (χ2n) is 5.52. The Morgan fingerprint density at radius 3 is 2.84 bits per heavy atom. The lowest BCUT2D eigenvalue weighted by Crippen LogP contribution is -2.37. The van der Waals surface area contributed by atoms with Crippen LogP contribution in [0, 0.1) is 5.92 Å². The highest BCUT2D eigenvalue weighted by atomic mass is 16.3. The fourth-order valence-electron chi connectivity index (χ4n) is 3.07. The van der Waals surface area contributed by atoms with Crippen molar-refractivity contribution in [3.63, 3.8) is 0 Å². The third-order valence-corrected chi connectivity index (χ3v) is 4.19. The van der Waals surface area contributed by atoms with Gasteiger partial charge < -0.3 is 10.4 Å². The van der Waals surface area contributed by atoms with Gasteiger partial charge in [-0.25, -0.2) is 0 Å². The smallest absolute Gasteiger partial charge is 0.0621 e. The Morgan fingerprint density at radius 1 is 1.16 bits per heavy atom. The van der Waals surface area contributed by atoms with Crippen LogP contribution in [0.1, 0.15) is 18.4 Å². The lowest BCUT2D eigenvalue weighted by molar-refractivity contribution is 0.0925. The topological polar surface area (TPSA) is 32.3 Å². The first-order valence-corrected chi connectivity index (χ1v) is 7.20. The van der Waals surface area contributed by atoms with Gasteiger partial charge in [0, 0.05) is 6.54 Å². The van der Waals surface area contributed by atoms with Gasteiger partial charge in [-0.1, -0.05) is 42.5 Å². The van der Waals surface area contributed by atoms with E-state index in [2.05, 4.69) is 47.8 Å². The van der Waals surface area contributed by atoms with Crippen LogP contribution in [0.5, 0.6) is 0 Å². The summed E-state index contributed by atoms with van der Waals surface area (Å²) in [7, 11) is 0. The maximum absolute atomic E-state index is 10.4. The van der Waals surface area contributed by atoms with Crippen molar-refractivity contribution in [2.45, 2.75) is 25.4 Å². The molecule has 1 fully saturated rings. The summed E-state index contributed by atoms with van der Waals surface area (Å²) in [4.78, 5) is 0. The summed E-state index contributed by atoms with van der Waals surface area (Å²) in [5.74, 6) is 0.396. The Hall–Kier alpha value is -1.38. The van der Waals surface area contributed by atoms with E-state index in [4.69, 9.17) is 0 Å². The minimum absolute atomic E-state index is 0.237. The Morgan fingerprint density at radius 2 is 2.00 bits per heavy atom. The maximum atomic E-state index is 10.4. The molecule has 2 unspecified atom stereocenters. The van der Waals surface area contributed by atoms with Crippen molar-refractivity contribution in [1.82, 2.24) is 5.32 Å². The zero-order valence-electron chi connectivity index (χ0n) is 11.2. The fourth-order valence-corrected chi connectivity index (χ4v) is 3.07. The number of piperidine rings is 1. The third-order valence-electron chi connectivity index (χ3n) is 4.19. The quantitative estimate of drug-likeness (QED) is 0.884. The molecule has 1 aliphatic heterocycles. The summed E-state index contributed by atoms with van der Waals surface area (Å²) in [6.07, 6.45) is 2.84. The molecule has 100 valence electrons. The molecular formula is C17H21NO. The largest absolute Gasteiger partial charge is 0.392 e. The average molecular weight is 255 g/mol. The second kappa shape index (κ2) is 5.72. The second-order valence-corrected chi connectivity index (χ2v) is 5.52. The summed E-state index contributed by atoms with van der Waals surface area (Å²) in [5, 5.41) is 16.4. The summed E-state index contributed by atoms with van der Waals surface area (Å²) in [5.41, 5.74) is 1.26. The molecule has 2 nitrogen and oxygen atoms in total. The van der Waals surface area contributed by atoms with Gasteiger partial charge >= 0.3 is 0 Å². The summed E-state index contributed by atoms with van der Waals surface area (Å²) in [6, 6.07) is 14.8. The maximum Gasteiger partial charge on any atom is 0.0621 e. The zero-order valence-corrected chi connectivity index (χ0v) is 11.2. The highest BCUT2D eigenvalue weighted by Crippen LogP contribution is 2.23. The minimum Gasteiger partial charge on any atom is -0.392 e. The monoisotopic (exact) mass is 255 g/mol. The van der Waals surface area contributed by atoms with Crippen LogP contribution in [0.25, 0.3) is 10.8 Å². The van der Waals surface area contributed by atoms with Crippen molar-refractivity contribution >= 4 is 10.8 Å². The average Bonchev–Trinajstić information content (AvgIpc) is 2.48. The number of hydrogen-bond acceptors (Lipinski definition) is 2. The first-order chi connectivity index (χ1) is 9.34. The standard InChI is InChI=1S/C17H21NO/c19-17(15-8-4-10-18-12-15)11-14-7-3-6-13-5-1-2-9-16(13)14/h1-3,5-7,9,15,17-19H,4,8,10-12H2. The van der Waals surface area contributed by atoms with Gasteiger partial charge in [-0.05, 0) is 48.1 Å². The third kappa shape index (κ3) is 2.80. The van der Waals surface area contributed by atoms with Crippen LogP contribution in [0.3, 0.4) is 0 Å². The van der Waals surface area contributed by atoms with Crippen molar-refractivity contribution in [3.8, 4) is 0 Å². The van der Waals surface area contributed by atoms with Gasteiger partial charge in [0.2, 0.25) is 0 Å². The number of rotatable bonds is 3. The highest BCUT2D eigenvalue weighted by molar-refractivity contribution is 5.85. The van der Waals surface area contributed by atoms with E-state index in [0.29, 0.717) is 5.92 Å². The van der Waals surface area contributed by atoms with Crippen molar-refractivity contribution in [1.29, 1.82) is 0 Å². The van der Waals surface area contributed by atoms with E-state index >= 15 is 0 Å². The number of fused-ring (bicyclic) bond motifs is 1. The van der Waals surface area contributed by atoms with Gasteiger partial charge in [-0.2, -0.15) is 0 Å². The lowest BCUT2D eigenvalue weighted by Gasteiger charge is -2.27. The van der Waals surface area contributed by atoms with Gasteiger partial charge in [-0.3, -0.25) is 0 Å². The molecule has 0 aromatic heterocycles. The molecule has 2 N–H and O–H groups in total. The lowest BCUT2D eigenvalue weighted by atomic mass is 9.88. The normalized spacial score (nSPS) is 21.4. The van der Waals surface area contributed by atoms with E-state index in [1.807, 2.05) is 0 Å². The molecule has 0 radical (unpaired) electrons. The Kier molecular flexibility index (Phi) is 3.81. The van der Waals surface area contributed by atoms with Gasteiger partial charge in [0.05, 0.1) is 6.10 Å². The predicted octanol–water partition coefficient (Wildman–Crippen LogP) is 2.74. The number of aliphatic hydroxyl groups excluding tert-OH is 1. The summed E-state index contributed by atoms with van der Waals surface area (Å²) < 4.78 is 0. The van der Waals surface area contributed by atoms with Gasteiger partial charge in [0.1, 0.15) is 0 Å². The first kappa shape index (κ1) is 12.6. The zero-order chi connectivity index (χ0) is 13.1. The molecule has 3 rings (SSSR count). The van der Waals surface area contributed by atoms with Crippen LogP contribution < -0.4 is 5.32 Å². The van der Waals surface area contributed by atoms with E-state index < -0.39 is 0 Å². The van der Waals surface area contributed by atoms with Gasteiger partial charge in [0.15, 0.2) is 0 Å². The van der Waals surface area contributed by atoms with Crippen LogP contribution in [-0.4, -0.2) is 24.3 Å². The molecule has 0 bridgehead atoms. The summed E-state index contributed by atoms with van der Waals surface area (Å²) in [6.45, 7) is 2.05. The van der Waals surface area contributed by atoms with Crippen LogP contribution in [0.2, 0.25) is 0 Å². The molecule has 1 heterocycles. The molecule has 1 saturated heterocycles. The SMILES string of the molecule is OC(Cc1cccc2ccccc12)C1CCCNC1. The van der Waals surface area contributed by atoms with Crippen LogP contribution >= 0.6 is 0 Å². The highest BCUT2D eigenvalue weighted by Gasteiger charge is 2.22. The molecule has 0 spiro atoms. The fraction of sp³-hybridized carbons (Fsp3) is 0.412. The molecule has 2 aromatic carbocycles. The molecule has 0 amide bonds. The molecule has 0 aliphatic carbocycles. The number of hydrogen-bond donors (Lipinski definition) is 2. The molecule has 19 heavy (non-hydrogen) atoms. The molecule has 1 aliphatic rings. The Labute approximate surface area is 114 Å². The predicted molar refractivity (Wildman–Crippen MR) is 79.3 cm³/mol. The number of benzene rings is 2. The van der Waals surface area contributed by atoms with Crippen LogP contribution in [-0.2, 0) is 6.42 Å². The Bertz CT molecular complexity index is 540. The minimum atomic E-state index is -0.237. The van der Waals surface area contributed by atoms with Gasteiger partial charge in [0.25, 0.3) is 0 Å². The van der Waals surface area contributed by atoms with E-state index in [1.54, 1.807) is 0 Å². The van der Waals surface area contributed by atoms with E-state index in [1.165, 1.54) is 22.8 Å². The van der Waals surface area contributed by atoms with Crippen molar-refractivity contribution in [2.75, 3.05) is 13.1 Å². The van der Waals surface area contributed by atoms with Crippen molar-refractivity contribution < 1.29 is 5.11 Å². The van der Waals surface area contributed by atoms with Gasteiger partial charge in [-0.15, -0.1) is 0 Å².